The summed E-state index contributed by atoms with van der Waals surface area (Å²) in [5.74, 6) is 1.10. The van der Waals surface area contributed by atoms with Crippen molar-refractivity contribution < 1.29 is 9.53 Å². The zero-order valence-electron chi connectivity index (χ0n) is 16.1. The molecule has 134 valence electrons. The van der Waals surface area contributed by atoms with Gasteiger partial charge in [-0.3, -0.25) is 4.79 Å². The van der Waals surface area contributed by atoms with E-state index in [0.717, 1.165) is 34.4 Å². The number of methoxy groups -OCH3 is 1. The second kappa shape index (κ2) is 8.19. The Kier molecular flexibility index (Phi) is 6.24. The van der Waals surface area contributed by atoms with Crippen LogP contribution in [0.15, 0.2) is 36.4 Å². The molecule has 0 fully saturated rings. The first-order valence-electron chi connectivity index (χ1n) is 8.93. The molecule has 0 aromatic heterocycles. The van der Waals surface area contributed by atoms with Gasteiger partial charge in [0.2, 0.25) is 0 Å². The fraction of sp³-hybridized carbons (Fsp3) is 0.409. The molecule has 3 nitrogen and oxygen atoms in total. The van der Waals surface area contributed by atoms with E-state index >= 15 is 0 Å². The maximum Gasteiger partial charge on any atom is 0.252 e. The lowest BCUT2D eigenvalue weighted by Crippen LogP contribution is -2.29. The van der Waals surface area contributed by atoms with Gasteiger partial charge in [-0.05, 0) is 55.0 Å². The quantitative estimate of drug-likeness (QED) is 0.774. The van der Waals surface area contributed by atoms with Crippen LogP contribution < -0.4 is 10.1 Å². The van der Waals surface area contributed by atoms with Crippen LogP contribution in [-0.2, 0) is 0 Å². The lowest BCUT2D eigenvalue weighted by molar-refractivity contribution is 0.0935. The molecule has 1 amide bonds. The standard InChI is InChI=1S/C22H29NO2/c1-7-20(17-10-8-15(4)9-11-17)23-22(24)19-13-18(14(2)3)21(25-6)12-16(19)5/h8-14,20H,7H2,1-6H3,(H,23,24)/t20-/m1/s1. The van der Waals surface area contributed by atoms with Gasteiger partial charge < -0.3 is 10.1 Å². The first-order chi connectivity index (χ1) is 11.9. The maximum atomic E-state index is 12.9. The molecule has 0 spiro atoms. The van der Waals surface area contributed by atoms with E-state index in [0.29, 0.717) is 5.92 Å². The lowest BCUT2D eigenvalue weighted by atomic mass is 9.95. The number of rotatable bonds is 6. The smallest absolute Gasteiger partial charge is 0.252 e. The molecule has 2 aromatic rings. The molecule has 0 radical (unpaired) electrons. The van der Waals surface area contributed by atoms with Gasteiger partial charge in [-0.25, -0.2) is 0 Å². The summed E-state index contributed by atoms with van der Waals surface area (Å²) in [6.45, 7) is 10.3. The summed E-state index contributed by atoms with van der Waals surface area (Å²) in [7, 11) is 1.67. The molecule has 0 bridgehead atoms. The van der Waals surface area contributed by atoms with Crippen molar-refractivity contribution in [2.75, 3.05) is 7.11 Å². The number of hydrogen-bond acceptors (Lipinski definition) is 2. The van der Waals surface area contributed by atoms with Crippen LogP contribution in [0.5, 0.6) is 5.75 Å². The Balaban J connectivity index is 2.30. The van der Waals surface area contributed by atoms with Crippen molar-refractivity contribution in [2.45, 2.75) is 53.0 Å². The SMILES string of the molecule is CC[C@@H](NC(=O)c1cc(C(C)C)c(OC)cc1C)c1ccc(C)cc1. The Bertz CT molecular complexity index is 732. The van der Waals surface area contributed by atoms with Crippen LogP contribution in [-0.4, -0.2) is 13.0 Å². The summed E-state index contributed by atoms with van der Waals surface area (Å²) in [6, 6.07) is 12.3. The number of aryl methyl sites for hydroxylation is 2. The highest BCUT2D eigenvalue weighted by molar-refractivity contribution is 5.96. The Labute approximate surface area is 151 Å². The Morgan fingerprint density at radius 1 is 1.12 bits per heavy atom. The van der Waals surface area contributed by atoms with Crippen molar-refractivity contribution >= 4 is 5.91 Å². The molecule has 0 aliphatic carbocycles. The van der Waals surface area contributed by atoms with Gasteiger partial charge in [-0.1, -0.05) is 50.6 Å². The molecule has 1 N–H and O–H groups in total. The van der Waals surface area contributed by atoms with Crippen molar-refractivity contribution in [2.24, 2.45) is 0 Å². The third-order valence-corrected chi connectivity index (χ3v) is 4.64. The van der Waals surface area contributed by atoms with Crippen molar-refractivity contribution in [3.05, 3.63) is 64.2 Å². The van der Waals surface area contributed by atoms with E-state index in [1.165, 1.54) is 5.56 Å². The number of benzene rings is 2. The highest BCUT2D eigenvalue weighted by Crippen LogP contribution is 2.30. The van der Waals surface area contributed by atoms with Gasteiger partial charge in [-0.2, -0.15) is 0 Å². The number of hydrogen-bond donors (Lipinski definition) is 1. The third kappa shape index (κ3) is 4.41. The summed E-state index contributed by atoms with van der Waals surface area (Å²) < 4.78 is 5.47. The van der Waals surface area contributed by atoms with Gasteiger partial charge in [0.15, 0.2) is 0 Å². The molecule has 2 rings (SSSR count). The number of carbonyl (C=O) groups is 1. The zero-order valence-corrected chi connectivity index (χ0v) is 16.1. The normalized spacial score (nSPS) is 12.1. The average Bonchev–Trinajstić information content (AvgIpc) is 2.59. The van der Waals surface area contributed by atoms with Gasteiger partial charge in [0, 0.05) is 5.56 Å². The van der Waals surface area contributed by atoms with E-state index in [2.05, 4.69) is 57.3 Å². The van der Waals surface area contributed by atoms with Crippen LogP contribution in [0, 0.1) is 13.8 Å². The molecule has 3 heteroatoms. The van der Waals surface area contributed by atoms with Gasteiger partial charge >= 0.3 is 0 Å². The van der Waals surface area contributed by atoms with Crippen LogP contribution in [0.2, 0.25) is 0 Å². The summed E-state index contributed by atoms with van der Waals surface area (Å²) in [5.41, 5.74) is 5.06. The molecule has 0 aliphatic heterocycles. The van der Waals surface area contributed by atoms with E-state index in [9.17, 15) is 4.79 Å². The molecule has 2 aromatic carbocycles. The lowest BCUT2D eigenvalue weighted by Gasteiger charge is -2.20. The minimum atomic E-state index is -0.0329. The molecule has 0 aliphatic rings. The fourth-order valence-electron chi connectivity index (χ4n) is 3.03. The molecule has 0 unspecified atom stereocenters. The first-order valence-corrected chi connectivity index (χ1v) is 8.93. The minimum absolute atomic E-state index is 0.0112. The number of nitrogens with one attached hydrogen (secondary N) is 1. The molecule has 0 heterocycles. The minimum Gasteiger partial charge on any atom is -0.496 e. The largest absolute Gasteiger partial charge is 0.496 e. The van der Waals surface area contributed by atoms with Gasteiger partial charge in [-0.15, -0.1) is 0 Å². The highest BCUT2D eigenvalue weighted by Gasteiger charge is 2.19. The van der Waals surface area contributed by atoms with Gasteiger partial charge in [0.25, 0.3) is 5.91 Å². The van der Waals surface area contributed by atoms with Crippen LogP contribution in [0.4, 0.5) is 0 Å². The zero-order chi connectivity index (χ0) is 18.6. The Morgan fingerprint density at radius 3 is 2.28 bits per heavy atom. The van der Waals surface area contributed by atoms with Crippen LogP contribution in [0.25, 0.3) is 0 Å². The molecular weight excluding hydrogens is 310 g/mol. The monoisotopic (exact) mass is 339 g/mol. The van der Waals surface area contributed by atoms with Crippen LogP contribution >= 0.6 is 0 Å². The Morgan fingerprint density at radius 2 is 1.76 bits per heavy atom. The summed E-state index contributed by atoms with van der Waals surface area (Å²) in [6.07, 6.45) is 0.848. The van der Waals surface area contributed by atoms with Crippen molar-refractivity contribution in [1.29, 1.82) is 0 Å². The van der Waals surface area contributed by atoms with Gasteiger partial charge in [0.05, 0.1) is 13.2 Å². The fourth-order valence-corrected chi connectivity index (χ4v) is 3.03. The van der Waals surface area contributed by atoms with E-state index in [1.54, 1.807) is 7.11 Å². The highest BCUT2D eigenvalue weighted by atomic mass is 16.5. The topological polar surface area (TPSA) is 38.3 Å². The second-order valence-electron chi connectivity index (χ2n) is 6.91. The number of ether oxygens (including phenoxy) is 1. The van der Waals surface area contributed by atoms with E-state index in [1.807, 2.05) is 19.1 Å². The van der Waals surface area contributed by atoms with Crippen molar-refractivity contribution in [3.63, 3.8) is 0 Å². The summed E-state index contributed by atoms with van der Waals surface area (Å²) in [4.78, 5) is 12.9. The Hall–Kier alpha value is -2.29. The van der Waals surface area contributed by atoms with E-state index < -0.39 is 0 Å². The van der Waals surface area contributed by atoms with Crippen molar-refractivity contribution in [3.8, 4) is 5.75 Å². The number of carbonyl (C=O) groups excluding carboxylic acids is 1. The van der Waals surface area contributed by atoms with E-state index in [4.69, 9.17) is 4.74 Å². The molecule has 0 saturated carbocycles. The number of amides is 1. The first kappa shape index (κ1) is 19.0. The second-order valence-corrected chi connectivity index (χ2v) is 6.91. The van der Waals surface area contributed by atoms with Crippen LogP contribution in [0.1, 0.15) is 71.8 Å². The summed E-state index contributed by atoms with van der Waals surface area (Å²) in [5, 5.41) is 3.18. The predicted octanol–water partition coefficient (Wildman–Crippen LogP) is 5.32. The molecule has 0 saturated heterocycles. The molecular formula is C22H29NO2. The maximum absolute atomic E-state index is 12.9. The molecule has 25 heavy (non-hydrogen) atoms. The van der Waals surface area contributed by atoms with Gasteiger partial charge in [0.1, 0.15) is 5.75 Å². The summed E-state index contributed by atoms with van der Waals surface area (Å²) >= 11 is 0. The molecule has 1 atom stereocenters. The van der Waals surface area contributed by atoms with Crippen molar-refractivity contribution in [1.82, 2.24) is 5.32 Å². The predicted molar refractivity (Wildman–Crippen MR) is 103 cm³/mol. The third-order valence-electron chi connectivity index (χ3n) is 4.64. The van der Waals surface area contributed by atoms with Crippen LogP contribution in [0.3, 0.4) is 0 Å². The van der Waals surface area contributed by atoms with E-state index in [-0.39, 0.29) is 11.9 Å². The average molecular weight is 339 g/mol.